The van der Waals surface area contributed by atoms with Crippen molar-refractivity contribution in [2.45, 2.75) is 25.6 Å². The van der Waals surface area contributed by atoms with Gasteiger partial charge < -0.3 is 14.5 Å². The Morgan fingerprint density at radius 1 is 1.32 bits per heavy atom. The highest BCUT2D eigenvalue weighted by molar-refractivity contribution is 5.95. The Kier molecular flexibility index (Phi) is 5.34. The van der Waals surface area contributed by atoms with Crippen LogP contribution in [0.5, 0.6) is 5.88 Å². The van der Waals surface area contributed by atoms with Crippen LogP contribution in [-0.2, 0) is 12.6 Å². The van der Waals surface area contributed by atoms with Gasteiger partial charge >= 0.3 is 6.18 Å². The van der Waals surface area contributed by atoms with E-state index < -0.39 is 29.4 Å². The standard InChI is InChI=1S/C17H16F3N5O3/c1-10(8-11-4-3-7-28-11)22-16(26)12-9-21-25(15(12)17(18,19)20)13-5-6-14(27-2)24-23-13/h3-7,9-10H,8H2,1-2H3,(H,22,26). The second-order valence-electron chi connectivity index (χ2n) is 5.91. The molecule has 0 aliphatic rings. The van der Waals surface area contributed by atoms with Crippen LogP contribution in [0.2, 0.25) is 0 Å². The number of alkyl halides is 3. The number of furan rings is 1. The van der Waals surface area contributed by atoms with E-state index in [2.05, 4.69) is 20.6 Å². The van der Waals surface area contributed by atoms with Gasteiger partial charge in [-0.3, -0.25) is 4.79 Å². The summed E-state index contributed by atoms with van der Waals surface area (Å²) in [6.07, 6.45) is -2.18. The predicted octanol–water partition coefficient (Wildman–Crippen LogP) is 2.64. The average molecular weight is 395 g/mol. The number of amides is 1. The first-order valence-electron chi connectivity index (χ1n) is 8.16. The number of carbonyl (C=O) groups is 1. The van der Waals surface area contributed by atoms with Crippen molar-refractivity contribution in [3.8, 4) is 11.7 Å². The number of hydrogen-bond donors (Lipinski definition) is 1. The minimum absolute atomic E-state index is 0.134. The van der Waals surface area contributed by atoms with E-state index in [1.165, 1.54) is 25.5 Å². The minimum atomic E-state index is -4.84. The van der Waals surface area contributed by atoms with Gasteiger partial charge in [-0.15, -0.1) is 10.2 Å². The summed E-state index contributed by atoms with van der Waals surface area (Å²) in [6.45, 7) is 1.66. The summed E-state index contributed by atoms with van der Waals surface area (Å²) in [7, 11) is 1.35. The molecule has 148 valence electrons. The molecule has 3 aromatic heterocycles. The Hall–Kier alpha value is -3.37. The summed E-state index contributed by atoms with van der Waals surface area (Å²) in [5.41, 5.74) is -1.86. The lowest BCUT2D eigenvalue weighted by Crippen LogP contribution is -2.35. The van der Waals surface area contributed by atoms with Crippen molar-refractivity contribution in [1.82, 2.24) is 25.3 Å². The largest absolute Gasteiger partial charge is 0.480 e. The first-order valence-corrected chi connectivity index (χ1v) is 8.16. The van der Waals surface area contributed by atoms with Gasteiger partial charge in [-0.25, -0.2) is 4.68 Å². The van der Waals surface area contributed by atoms with E-state index in [1.54, 1.807) is 19.1 Å². The summed E-state index contributed by atoms with van der Waals surface area (Å²) >= 11 is 0. The molecule has 0 saturated carbocycles. The molecule has 1 N–H and O–H groups in total. The summed E-state index contributed by atoms with van der Waals surface area (Å²) in [6, 6.07) is 5.55. The summed E-state index contributed by atoms with van der Waals surface area (Å²) in [4.78, 5) is 12.4. The van der Waals surface area contributed by atoms with Gasteiger partial charge in [0.25, 0.3) is 5.91 Å². The molecule has 11 heteroatoms. The monoisotopic (exact) mass is 395 g/mol. The number of nitrogens with zero attached hydrogens (tertiary/aromatic N) is 4. The number of nitrogens with one attached hydrogen (secondary N) is 1. The molecule has 0 fully saturated rings. The highest BCUT2D eigenvalue weighted by Gasteiger charge is 2.41. The number of halogens is 3. The summed E-state index contributed by atoms with van der Waals surface area (Å²) < 4.78 is 51.5. The molecular formula is C17H16F3N5O3. The SMILES string of the molecule is COc1ccc(-n2ncc(C(=O)NC(C)Cc3ccco3)c2C(F)(F)F)nn1. The van der Waals surface area contributed by atoms with Crippen molar-refractivity contribution in [3.63, 3.8) is 0 Å². The maximum Gasteiger partial charge on any atom is 0.434 e. The second-order valence-corrected chi connectivity index (χ2v) is 5.91. The Balaban J connectivity index is 1.88. The van der Waals surface area contributed by atoms with Crippen molar-refractivity contribution in [2.24, 2.45) is 0 Å². The third-order valence-corrected chi connectivity index (χ3v) is 3.80. The first-order chi connectivity index (χ1) is 13.3. The normalized spacial score (nSPS) is 12.6. The van der Waals surface area contributed by atoms with Gasteiger partial charge in [-0.05, 0) is 25.1 Å². The van der Waals surface area contributed by atoms with Crippen LogP contribution < -0.4 is 10.1 Å². The molecule has 1 atom stereocenters. The predicted molar refractivity (Wildman–Crippen MR) is 90.0 cm³/mol. The number of ether oxygens (including phenoxy) is 1. The molecule has 0 aromatic carbocycles. The molecule has 3 rings (SSSR count). The Bertz CT molecular complexity index is 936. The zero-order chi connectivity index (χ0) is 20.3. The molecule has 0 spiro atoms. The quantitative estimate of drug-likeness (QED) is 0.690. The highest BCUT2D eigenvalue weighted by Crippen LogP contribution is 2.33. The van der Waals surface area contributed by atoms with E-state index in [0.29, 0.717) is 16.9 Å². The molecule has 0 aliphatic heterocycles. The lowest BCUT2D eigenvalue weighted by molar-refractivity contribution is -0.143. The molecule has 8 nitrogen and oxygen atoms in total. The van der Waals surface area contributed by atoms with E-state index in [-0.39, 0.29) is 11.7 Å². The average Bonchev–Trinajstić information content (AvgIpc) is 3.30. The molecule has 1 unspecified atom stereocenters. The van der Waals surface area contributed by atoms with Crippen molar-refractivity contribution in [3.05, 3.63) is 53.7 Å². The van der Waals surface area contributed by atoms with Crippen molar-refractivity contribution in [2.75, 3.05) is 7.11 Å². The number of hydrogen-bond acceptors (Lipinski definition) is 6. The first kappa shape index (κ1) is 19.4. The fourth-order valence-corrected chi connectivity index (χ4v) is 2.58. The fourth-order valence-electron chi connectivity index (χ4n) is 2.58. The van der Waals surface area contributed by atoms with Gasteiger partial charge in [0, 0.05) is 18.5 Å². The lowest BCUT2D eigenvalue weighted by Gasteiger charge is -2.15. The number of rotatable bonds is 6. The van der Waals surface area contributed by atoms with Gasteiger partial charge in [0.05, 0.1) is 25.1 Å². The van der Waals surface area contributed by atoms with Gasteiger partial charge in [0.2, 0.25) is 5.88 Å². The Labute approximate surface area is 157 Å². The second kappa shape index (κ2) is 7.71. The van der Waals surface area contributed by atoms with Crippen LogP contribution in [0.1, 0.15) is 28.7 Å². The van der Waals surface area contributed by atoms with Crippen LogP contribution >= 0.6 is 0 Å². The van der Waals surface area contributed by atoms with E-state index in [9.17, 15) is 18.0 Å². The topological polar surface area (TPSA) is 95.1 Å². The smallest absolute Gasteiger partial charge is 0.434 e. The maximum atomic E-state index is 13.6. The van der Waals surface area contributed by atoms with Crippen molar-refractivity contribution in [1.29, 1.82) is 0 Å². The number of carbonyl (C=O) groups excluding carboxylic acids is 1. The van der Waals surface area contributed by atoms with E-state index >= 15 is 0 Å². The Morgan fingerprint density at radius 3 is 2.68 bits per heavy atom. The van der Waals surface area contributed by atoms with Gasteiger partial charge in [-0.2, -0.15) is 18.3 Å². The van der Waals surface area contributed by atoms with Gasteiger partial charge in [0.15, 0.2) is 11.5 Å². The molecule has 0 bridgehead atoms. The molecule has 0 radical (unpaired) electrons. The number of aromatic nitrogens is 4. The van der Waals surface area contributed by atoms with E-state index in [4.69, 9.17) is 9.15 Å². The molecule has 28 heavy (non-hydrogen) atoms. The molecule has 0 saturated heterocycles. The van der Waals surface area contributed by atoms with Gasteiger partial charge in [-0.1, -0.05) is 0 Å². The van der Waals surface area contributed by atoms with Crippen LogP contribution in [0.4, 0.5) is 13.2 Å². The van der Waals surface area contributed by atoms with Gasteiger partial charge in [0.1, 0.15) is 5.76 Å². The zero-order valence-electron chi connectivity index (χ0n) is 14.9. The molecule has 3 heterocycles. The van der Waals surface area contributed by atoms with Crippen LogP contribution in [-0.4, -0.2) is 39.0 Å². The molecule has 0 aliphatic carbocycles. The third-order valence-electron chi connectivity index (χ3n) is 3.80. The van der Waals surface area contributed by atoms with Crippen molar-refractivity contribution >= 4 is 5.91 Å². The fraction of sp³-hybridized carbons (Fsp3) is 0.294. The molecular weight excluding hydrogens is 379 g/mol. The van der Waals surface area contributed by atoms with Crippen molar-refractivity contribution < 1.29 is 27.1 Å². The third kappa shape index (κ3) is 4.13. The molecule has 1 amide bonds. The van der Waals surface area contributed by atoms with Crippen LogP contribution in [0.25, 0.3) is 5.82 Å². The minimum Gasteiger partial charge on any atom is -0.480 e. The van der Waals surface area contributed by atoms with E-state index in [0.717, 1.165) is 6.20 Å². The van der Waals surface area contributed by atoms with Crippen LogP contribution in [0.3, 0.4) is 0 Å². The lowest BCUT2D eigenvalue weighted by atomic mass is 10.1. The molecule has 3 aromatic rings. The zero-order valence-corrected chi connectivity index (χ0v) is 14.9. The van der Waals surface area contributed by atoms with Crippen LogP contribution in [0.15, 0.2) is 41.1 Å². The number of methoxy groups -OCH3 is 1. The Morgan fingerprint density at radius 2 is 2.11 bits per heavy atom. The highest BCUT2D eigenvalue weighted by atomic mass is 19.4. The van der Waals surface area contributed by atoms with E-state index in [1.807, 2.05) is 0 Å². The van der Waals surface area contributed by atoms with Crippen LogP contribution in [0, 0.1) is 0 Å². The summed E-state index contributed by atoms with van der Waals surface area (Å²) in [5, 5.41) is 13.5. The maximum absolute atomic E-state index is 13.6. The summed E-state index contributed by atoms with van der Waals surface area (Å²) in [5.74, 6) is -0.364.